The van der Waals surface area contributed by atoms with Gasteiger partial charge in [0.05, 0.1) is 18.5 Å². The minimum Gasteiger partial charge on any atom is -0.444 e. The van der Waals surface area contributed by atoms with Gasteiger partial charge in [-0.25, -0.2) is 4.79 Å². The highest BCUT2D eigenvalue weighted by Gasteiger charge is 2.52. The van der Waals surface area contributed by atoms with E-state index in [0.717, 1.165) is 17.7 Å². The van der Waals surface area contributed by atoms with Crippen molar-refractivity contribution in [2.24, 2.45) is 23.5 Å². The predicted octanol–water partition coefficient (Wildman–Crippen LogP) is 2.45. The fourth-order valence-electron chi connectivity index (χ4n) is 3.88. The topological polar surface area (TPSA) is 96.4 Å². The third-order valence-corrected chi connectivity index (χ3v) is 5.36. The SMILES string of the molecule is N#CC1C2C=C(c3ccc(N4C[C@H](CCC(N)=O)OC4=O)cc3)CC12. The van der Waals surface area contributed by atoms with Crippen LogP contribution >= 0.6 is 0 Å². The van der Waals surface area contributed by atoms with Crippen LogP contribution in [-0.2, 0) is 9.53 Å². The molecular weight excluding hydrogens is 318 g/mol. The highest BCUT2D eigenvalue weighted by molar-refractivity contribution is 5.90. The molecule has 0 spiro atoms. The zero-order chi connectivity index (χ0) is 17.6. The second-order valence-corrected chi connectivity index (χ2v) is 6.96. The first kappa shape index (κ1) is 15.7. The lowest BCUT2D eigenvalue weighted by atomic mass is 10.0. The summed E-state index contributed by atoms with van der Waals surface area (Å²) in [6.07, 6.45) is 3.16. The van der Waals surface area contributed by atoms with Crippen LogP contribution in [0.25, 0.3) is 5.57 Å². The lowest BCUT2D eigenvalue weighted by Crippen LogP contribution is -2.24. The molecule has 4 atom stereocenters. The molecule has 2 N–H and O–H groups in total. The Kier molecular flexibility index (Phi) is 3.72. The van der Waals surface area contributed by atoms with Crippen LogP contribution in [0.1, 0.15) is 24.8 Å². The number of hydrogen-bond acceptors (Lipinski definition) is 4. The molecule has 6 heteroatoms. The van der Waals surface area contributed by atoms with Crippen LogP contribution in [0.4, 0.5) is 10.5 Å². The van der Waals surface area contributed by atoms with Crippen LogP contribution in [0, 0.1) is 29.1 Å². The molecule has 6 nitrogen and oxygen atoms in total. The van der Waals surface area contributed by atoms with Gasteiger partial charge in [0, 0.05) is 12.1 Å². The number of hydrogen-bond donors (Lipinski definition) is 1. The monoisotopic (exact) mass is 337 g/mol. The van der Waals surface area contributed by atoms with Crippen molar-refractivity contribution in [1.29, 1.82) is 5.26 Å². The van der Waals surface area contributed by atoms with Gasteiger partial charge in [-0.15, -0.1) is 0 Å². The smallest absolute Gasteiger partial charge is 0.414 e. The number of primary amides is 1. The van der Waals surface area contributed by atoms with Gasteiger partial charge in [0.15, 0.2) is 0 Å². The molecule has 1 aromatic carbocycles. The number of fused-ring (bicyclic) bond motifs is 1. The number of anilines is 1. The number of allylic oxidation sites excluding steroid dienone is 2. The second kappa shape index (κ2) is 5.92. The van der Waals surface area contributed by atoms with Gasteiger partial charge in [-0.2, -0.15) is 5.26 Å². The molecule has 0 radical (unpaired) electrons. The molecule has 3 aliphatic rings. The lowest BCUT2D eigenvalue weighted by molar-refractivity contribution is -0.118. The van der Waals surface area contributed by atoms with Gasteiger partial charge >= 0.3 is 6.09 Å². The zero-order valence-electron chi connectivity index (χ0n) is 13.7. The van der Waals surface area contributed by atoms with Crippen LogP contribution in [0.15, 0.2) is 30.3 Å². The van der Waals surface area contributed by atoms with E-state index in [-0.39, 0.29) is 30.4 Å². The zero-order valence-corrected chi connectivity index (χ0v) is 13.7. The van der Waals surface area contributed by atoms with E-state index in [1.54, 1.807) is 4.90 Å². The predicted molar refractivity (Wildman–Crippen MR) is 91.2 cm³/mol. The second-order valence-electron chi connectivity index (χ2n) is 6.96. The first-order valence-corrected chi connectivity index (χ1v) is 8.54. The van der Waals surface area contributed by atoms with Crippen LogP contribution < -0.4 is 10.6 Å². The quantitative estimate of drug-likeness (QED) is 0.892. The number of nitrogens with two attached hydrogens (primary N) is 1. The molecule has 25 heavy (non-hydrogen) atoms. The Morgan fingerprint density at radius 1 is 1.36 bits per heavy atom. The van der Waals surface area contributed by atoms with Crippen molar-refractivity contribution in [3.63, 3.8) is 0 Å². The minimum atomic E-state index is -0.389. The standard InChI is InChI=1S/C19H19N3O3/c20-9-17-15-7-12(8-16(15)17)11-1-3-13(4-2-11)22-10-14(25-19(22)24)5-6-18(21)23/h1-4,7,14-17H,5-6,8,10H2,(H2,21,23)/t14-,15?,16?,17?/m0/s1. The van der Waals surface area contributed by atoms with Crippen LogP contribution in [0.5, 0.6) is 0 Å². The van der Waals surface area contributed by atoms with Gasteiger partial charge in [0.25, 0.3) is 0 Å². The van der Waals surface area contributed by atoms with Crippen molar-refractivity contribution in [3.8, 4) is 6.07 Å². The van der Waals surface area contributed by atoms with Crippen molar-refractivity contribution >= 4 is 23.3 Å². The molecule has 2 aliphatic carbocycles. The molecular formula is C19H19N3O3. The van der Waals surface area contributed by atoms with Crippen molar-refractivity contribution in [2.75, 3.05) is 11.4 Å². The van der Waals surface area contributed by atoms with Gasteiger partial charge in [0.2, 0.25) is 5.91 Å². The van der Waals surface area contributed by atoms with E-state index in [1.165, 1.54) is 5.57 Å². The Morgan fingerprint density at radius 2 is 2.12 bits per heavy atom. The lowest BCUT2D eigenvalue weighted by Gasteiger charge is -2.14. The van der Waals surface area contributed by atoms with Gasteiger partial charge in [0.1, 0.15) is 6.10 Å². The van der Waals surface area contributed by atoms with Crippen LogP contribution in [0.2, 0.25) is 0 Å². The number of ether oxygens (including phenoxy) is 1. The fraction of sp³-hybridized carbons (Fsp3) is 0.421. The maximum absolute atomic E-state index is 12.0. The summed E-state index contributed by atoms with van der Waals surface area (Å²) in [7, 11) is 0. The third-order valence-electron chi connectivity index (χ3n) is 5.36. The normalized spacial score (nSPS) is 29.6. The number of amides is 2. The first-order valence-electron chi connectivity index (χ1n) is 8.54. The third kappa shape index (κ3) is 2.86. The van der Waals surface area contributed by atoms with E-state index in [1.807, 2.05) is 24.3 Å². The van der Waals surface area contributed by atoms with Gasteiger partial charge in [-0.05, 0) is 47.9 Å². The van der Waals surface area contributed by atoms with Crippen molar-refractivity contribution < 1.29 is 14.3 Å². The first-order chi connectivity index (χ1) is 12.1. The Labute approximate surface area is 145 Å². The average Bonchev–Trinajstić information content (AvgIpc) is 2.94. The summed E-state index contributed by atoms with van der Waals surface area (Å²) in [6.45, 7) is 0.433. The number of nitriles is 1. The Morgan fingerprint density at radius 3 is 2.72 bits per heavy atom. The highest BCUT2D eigenvalue weighted by Crippen LogP contribution is 2.57. The molecule has 3 unspecified atom stereocenters. The molecule has 1 aromatic rings. The Hall–Kier alpha value is -2.81. The molecule has 128 valence electrons. The van der Waals surface area contributed by atoms with E-state index >= 15 is 0 Å². The summed E-state index contributed by atoms with van der Waals surface area (Å²) in [5.74, 6) is 0.749. The molecule has 1 heterocycles. The van der Waals surface area contributed by atoms with Crippen LogP contribution in [0.3, 0.4) is 0 Å². The Bertz CT molecular complexity index is 793. The average molecular weight is 337 g/mol. The van der Waals surface area contributed by atoms with E-state index in [2.05, 4.69) is 12.1 Å². The largest absolute Gasteiger partial charge is 0.444 e. The summed E-state index contributed by atoms with van der Waals surface area (Å²) < 4.78 is 5.29. The number of cyclic esters (lactones) is 1. The summed E-state index contributed by atoms with van der Waals surface area (Å²) in [4.78, 5) is 24.5. The maximum atomic E-state index is 12.0. The fourth-order valence-corrected chi connectivity index (χ4v) is 3.88. The molecule has 1 saturated heterocycles. The minimum absolute atomic E-state index is 0.208. The van der Waals surface area contributed by atoms with E-state index in [9.17, 15) is 9.59 Å². The Balaban J connectivity index is 1.41. The summed E-state index contributed by atoms with van der Waals surface area (Å²) in [6, 6.07) is 10.2. The van der Waals surface area contributed by atoms with Crippen molar-refractivity contribution in [1.82, 2.24) is 0 Å². The molecule has 1 aliphatic heterocycles. The van der Waals surface area contributed by atoms with Gasteiger partial charge in [-0.3, -0.25) is 9.69 Å². The van der Waals surface area contributed by atoms with E-state index in [0.29, 0.717) is 24.8 Å². The molecule has 0 bridgehead atoms. The molecule has 2 fully saturated rings. The van der Waals surface area contributed by atoms with E-state index in [4.69, 9.17) is 15.7 Å². The van der Waals surface area contributed by atoms with Gasteiger partial charge < -0.3 is 10.5 Å². The number of rotatable bonds is 5. The highest BCUT2D eigenvalue weighted by atomic mass is 16.6. The maximum Gasteiger partial charge on any atom is 0.414 e. The summed E-state index contributed by atoms with van der Waals surface area (Å²) in [5, 5.41) is 8.99. The number of carbonyl (C=O) groups is 2. The summed E-state index contributed by atoms with van der Waals surface area (Å²) >= 11 is 0. The van der Waals surface area contributed by atoms with Crippen molar-refractivity contribution in [2.45, 2.75) is 25.4 Å². The van der Waals surface area contributed by atoms with Crippen LogP contribution in [-0.4, -0.2) is 24.6 Å². The number of carbonyl (C=O) groups excluding carboxylic acids is 2. The summed E-state index contributed by atoms with van der Waals surface area (Å²) in [5.41, 5.74) is 8.36. The molecule has 1 saturated carbocycles. The molecule has 4 rings (SSSR count). The van der Waals surface area contributed by atoms with Crippen molar-refractivity contribution in [3.05, 3.63) is 35.9 Å². The molecule has 0 aromatic heterocycles. The molecule has 2 amide bonds. The number of nitrogens with zero attached hydrogens (tertiary/aromatic N) is 2. The van der Waals surface area contributed by atoms with E-state index < -0.39 is 0 Å². The van der Waals surface area contributed by atoms with Gasteiger partial charge in [-0.1, -0.05) is 18.2 Å². The number of benzene rings is 1.